The number of carbonyl (C=O) groups excluding carboxylic acids is 1. The highest BCUT2D eigenvalue weighted by Crippen LogP contribution is 2.18. The Morgan fingerprint density at radius 2 is 1.84 bits per heavy atom. The third kappa shape index (κ3) is 4.45. The maximum Gasteiger partial charge on any atom is 0.242 e. The van der Waals surface area contributed by atoms with Gasteiger partial charge in [-0.1, -0.05) is 23.7 Å². The first-order valence-corrected chi connectivity index (χ1v) is 8.23. The molecule has 0 radical (unpaired) electrons. The number of carbonyl (C=O) groups is 1. The highest BCUT2D eigenvalue weighted by Gasteiger charge is 2.11. The molecule has 3 rings (SSSR count). The fourth-order valence-corrected chi connectivity index (χ4v) is 2.62. The van der Waals surface area contributed by atoms with Crippen molar-refractivity contribution < 1.29 is 9.18 Å². The first-order chi connectivity index (χ1) is 12.0. The first kappa shape index (κ1) is 17.2. The number of hydrogen-bond acceptors (Lipinski definition) is 2. The van der Waals surface area contributed by atoms with Gasteiger partial charge in [-0.15, -0.1) is 0 Å². The Morgan fingerprint density at radius 1 is 1.16 bits per heavy atom. The molecule has 1 heterocycles. The van der Waals surface area contributed by atoms with Crippen LogP contribution in [0.25, 0.3) is 11.3 Å². The van der Waals surface area contributed by atoms with Crippen LogP contribution < -0.4 is 5.32 Å². The molecular weight excluding hydrogens is 341 g/mol. The maximum atomic E-state index is 13.0. The quantitative estimate of drug-likeness (QED) is 0.743. The molecule has 0 spiro atoms. The Balaban J connectivity index is 1.61. The van der Waals surface area contributed by atoms with Gasteiger partial charge in [0.25, 0.3) is 0 Å². The van der Waals surface area contributed by atoms with Crippen LogP contribution in [0.3, 0.4) is 0 Å². The number of amides is 1. The van der Waals surface area contributed by atoms with Crippen molar-refractivity contribution in [1.29, 1.82) is 0 Å². The van der Waals surface area contributed by atoms with Crippen molar-refractivity contribution in [1.82, 2.24) is 15.1 Å². The second-order valence-electron chi connectivity index (χ2n) is 5.75. The van der Waals surface area contributed by atoms with E-state index in [1.54, 1.807) is 41.2 Å². The summed E-state index contributed by atoms with van der Waals surface area (Å²) in [6, 6.07) is 15.1. The average Bonchev–Trinajstić information content (AvgIpc) is 3.04. The SMILES string of the molecule is CC(NC(=O)Cn1ccc(-c2ccc(F)cc2)n1)c1ccc(Cl)cc1. The fourth-order valence-electron chi connectivity index (χ4n) is 2.49. The first-order valence-electron chi connectivity index (χ1n) is 7.85. The normalized spacial score (nSPS) is 12.0. The van der Waals surface area contributed by atoms with E-state index >= 15 is 0 Å². The zero-order valence-electron chi connectivity index (χ0n) is 13.6. The number of hydrogen-bond donors (Lipinski definition) is 1. The number of rotatable bonds is 5. The van der Waals surface area contributed by atoms with Crippen LogP contribution in [-0.4, -0.2) is 15.7 Å². The summed E-state index contributed by atoms with van der Waals surface area (Å²) in [7, 11) is 0. The van der Waals surface area contributed by atoms with Crippen molar-refractivity contribution in [2.24, 2.45) is 0 Å². The maximum absolute atomic E-state index is 13.0. The zero-order valence-corrected chi connectivity index (χ0v) is 14.4. The van der Waals surface area contributed by atoms with Gasteiger partial charge in [0.2, 0.25) is 5.91 Å². The van der Waals surface area contributed by atoms with Crippen molar-refractivity contribution in [3.63, 3.8) is 0 Å². The van der Waals surface area contributed by atoms with E-state index in [0.717, 1.165) is 11.1 Å². The van der Waals surface area contributed by atoms with Gasteiger partial charge < -0.3 is 5.32 Å². The minimum atomic E-state index is -0.293. The predicted octanol–water partition coefficient (Wildman–Crippen LogP) is 4.22. The summed E-state index contributed by atoms with van der Waals surface area (Å²) < 4.78 is 14.5. The summed E-state index contributed by atoms with van der Waals surface area (Å²) in [5.74, 6) is -0.435. The van der Waals surface area contributed by atoms with Crippen LogP contribution in [0.4, 0.5) is 4.39 Å². The number of nitrogens with zero attached hydrogens (tertiary/aromatic N) is 2. The molecule has 0 saturated heterocycles. The summed E-state index contributed by atoms with van der Waals surface area (Å²) in [4.78, 5) is 12.2. The molecule has 128 valence electrons. The topological polar surface area (TPSA) is 46.9 Å². The van der Waals surface area contributed by atoms with Crippen LogP contribution in [-0.2, 0) is 11.3 Å². The van der Waals surface area contributed by atoms with Crippen molar-refractivity contribution in [3.8, 4) is 11.3 Å². The standard InChI is InChI=1S/C19H17ClFN3O/c1-13(14-2-6-16(20)7-3-14)22-19(25)12-24-11-10-18(23-24)15-4-8-17(21)9-5-15/h2-11,13H,12H2,1H3,(H,22,25). The Morgan fingerprint density at radius 3 is 2.52 bits per heavy atom. The largest absolute Gasteiger partial charge is 0.348 e. The minimum absolute atomic E-state index is 0.110. The van der Waals surface area contributed by atoms with Crippen LogP contribution in [0.15, 0.2) is 60.8 Å². The molecule has 4 nitrogen and oxygen atoms in total. The fraction of sp³-hybridized carbons (Fsp3) is 0.158. The lowest BCUT2D eigenvalue weighted by Gasteiger charge is -2.14. The van der Waals surface area contributed by atoms with E-state index in [1.807, 2.05) is 19.1 Å². The van der Waals surface area contributed by atoms with Crippen LogP contribution in [0, 0.1) is 5.82 Å². The molecule has 0 bridgehead atoms. The summed E-state index contributed by atoms with van der Waals surface area (Å²) in [5, 5.41) is 7.95. The third-order valence-electron chi connectivity index (χ3n) is 3.83. The summed E-state index contributed by atoms with van der Waals surface area (Å²) in [5.41, 5.74) is 2.47. The van der Waals surface area contributed by atoms with E-state index in [1.165, 1.54) is 12.1 Å². The molecule has 1 amide bonds. The van der Waals surface area contributed by atoms with E-state index < -0.39 is 0 Å². The summed E-state index contributed by atoms with van der Waals surface area (Å²) in [6.45, 7) is 2.02. The minimum Gasteiger partial charge on any atom is -0.348 e. The number of aromatic nitrogens is 2. The van der Waals surface area contributed by atoms with Crippen molar-refractivity contribution in [3.05, 3.63) is 77.2 Å². The van der Waals surface area contributed by atoms with Crippen LogP contribution >= 0.6 is 11.6 Å². The van der Waals surface area contributed by atoms with Gasteiger partial charge in [-0.3, -0.25) is 9.48 Å². The van der Waals surface area contributed by atoms with Gasteiger partial charge in [-0.2, -0.15) is 5.10 Å². The van der Waals surface area contributed by atoms with Gasteiger partial charge in [0, 0.05) is 16.8 Å². The zero-order chi connectivity index (χ0) is 17.8. The van der Waals surface area contributed by atoms with E-state index in [9.17, 15) is 9.18 Å². The molecule has 0 aliphatic carbocycles. The number of benzene rings is 2. The molecule has 1 unspecified atom stereocenters. The molecule has 1 atom stereocenters. The molecule has 25 heavy (non-hydrogen) atoms. The van der Waals surface area contributed by atoms with E-state index in [-0.39, 0.29) is 24.3 Å². The smallest absolute Gasteiger partial charge is 0.242 e. The molecule has 0 aliphatic heterocycles. The molecule has 0 saturated carbocycles. The van der Waals surface area contributed by atoms with Gasteiger partial charge in [0.05, 0.1) is 11.7 Å². The lowest BCUT2D eigenvalue weighted by Crippen LogP contribution is -2.30. The van der Waals surface area contributed by atoms with Gasteiger partial charge in [-0.25, -0.2) is 4.39 Å². The second-order valence-corrected chi connectivity index (χ2v) is 6.18. The van der Waals surface area contributed by atoms with E-state index in [2.05, 4.69) is 10.4 Å². The molecule has 6 heteroatoms. The van der Waals surface area contributed by atoms with Crippen LogP contribution in [0.5, 0.6) is 0 Å². The number of nitrogens with one attached hydrogen (secondary N) is 1. The van der Waals surface area contributed by atoms with Gasteiger partial charge >= 0.3 is 0 Å². The van der Waals surface area contributed by atoms with E-state index in [4.69, 9.17) is 11.6 Å². The van der Waals surface area contributed by atoms with Crippen molar-refractivity contribution >= 4 is 17.5 Å². The van der Waals surface area contributed by atoms with Gasteiger partial charge in [0.1, 0.15) is 12.4 Å². The Kier molecular flexibility index (Phi) is 5.14. The average molecular weight is 358 g/mol. The highest BCUT2D eigenvalue weighted by atomic mass is 35.5. The van der Waals surface area contributed by atoms with Gasteiger partial charge in [0.15, 0.2) is 0 Å². The molecule has 3 aromatic rings. The van der Waals surface area contributed by atoms with E-state index in [0.29, 0.717) is 10.7 Å². The van der Waals surface area contributed by atoms with Crippen molar-refractivity contribution in [2.45, 2.75) is 19.5 Å². The van der Waals surface area contributed by atoms with Crippen molar-refractivity contribution in [2.75, 3.05) is 0 Å². The summed E-state index contributed by atoms with van der Waals surface area (Å²) in [6.07, 6.45) is 1.73. The highest BCUT2D eigenvalue weighted by molar-refractivity contribution is 6.30. The monoisotopic (exact) mass is 357 g/mol. The molecule has 0 aliphatic rings. The molecule has 1 N–H and O–H groups in total. The van der Waals surface area contributed by atoms with Crippen LogP contribution in [0.2, 0.25) is 5.02 Å². The Labute approximate surface area is 150 Å². The molecule has 0 fully saturated rings. The van der Waals surface area contributed by atoms with Crippen LogP contribution in [0.1, 0.15) is 18.5 Å². The molecule has 1 aromatic heterocycles. The van der Waals surface area contributed by atoms with Gasteiger partial charge in [-0.05, 0) is 55.0 Å². The third-order valence-corrected chi connectivity index (χ3v) is 4.09. The molecule has 2 aromatic carbocycles. The summed E-state index contributed by atoms with van der Waals surface area (Å²) >= 11 is 5.87. The lowest BCUT2D eigenvalue weighted by molar-refractivity contribution is -0.122. The molecular formula is C19H17ClFN3O. The lowest BCUT2D eigenvalue weighted by atomic mass is 10.1. The second kappa shape index (κ2) is 7.49. The predicted molar refractivity (Wildman–Crippen MR) is 95.6 cm³/mol. The Bertz CT molecular complexity index is 859. The number of halogens is 2. The Hall–Kier alpha value is -2.66.